The van der Waals surface area contributed by atoms with E-state index in [0.717, 1.165) is 31.4 Å². The van der Waals surface area contributed by atoms with Gasteiger partial charge in [-0.05, 0) is 42.9 Å². The van der Waals surface area contributed by atoms with Crippen molar-refractivity contribution in [1.29, 1.82) is 0 Å². The maximum atomic E-state index is 13.5. The molecule has 0 bridgehead atoms. The third-order valence-corrected chi connectivity index (χ3v) is 6.72. The summed E-state index contributed by atoms with van der Waals surface area (Å²) in [5.41, 5.74) is 0.835. The molecule has 3 N–H and O–H groups in total. The van der Waals surface area contributed by atoms with E-state index in [0.29, 0.717) is 25.0 Å². The van der Waals surface area contributed by atoms with Gasteiger partial charge in [0.15, 0.2) is 11.6 Å². The maximum absolute atomic E-state index is 13.5. The number of carbonyl (C=O) groups excluding carboxylic acids is 2. The van der Waals surface area contributed by atoms with Crippen LogP contribution in [-0.4, -0.2) is 34.9 Å². The summed E-state index contributed by atoms with van der Waals surface area (Å²) in [5, 5.41) is 5.06. The quantitative estimate of drug-likeness (QED) is 0.504. The average molecular weight is 494 g/mol. The number of H-pyrrole nitrogens is 1. The number of fused-ring (bicyclic) bond motifs is 1. The van der Waals surface area contributed by atoms with Gasteiger partial charge < -0.3 is 15.5 Å². The molecule has 2 aromatic carbocycles. The van der Waals surface area contributed by atoms with Gasteiger partial charge in [0.1, 0.15) is 5.82 Å². The molecule has 36 heavy (non-hydrogen) atoms. The third kappa shape index (κ3) is 4.98. The molecule has 3 heterocycles. The van der Waals surface area contributed by atoms with Gasteiger partial charge in [0.25, 0.3) is 5.56 Å². The lowest BCUT2D eigenvalue weighted by Gasteiger charge is -2.33. The second kappa shape index (κ2) is 9.88. The number of benzene rings is 2. The molecule has 0 saturated carbocycles. The highest BCUT2D eigenvalue weighted by Gasteiger charge is 2.35. The average Bonchev–Trinajstić information content (AvgIpc) is 2.86. The predicted octanol–water partition coefficient (Wildman–Crippen LogP) is 3.57. The molecule has 0 aliphatic carbocycles. The molecule has 1 fully saturated rings. The summed E-state index contributed by atoms with van der Waals surface area (Å²) in [6, 6.07) is 13.2. The molecule has 0 unspecified atom stereocenters. The van der Waals surface area contributed by atoms with Crippen LogP contribution in [0.25, 0.3) is 0 Å². The fraction of sp³-hybridized carbons (Fsp3) is 0.308. The summed E-state index contributed by atoms with van der Waals surface area (Å²) >= 11 is 0. The van der Waals surface area contributed by atoms with E-state index in [1.807, 2.05) is 23.1 Å². The van der Waals surface area contributed by atoms with Crippen LogP contribution in [0.4, 0.5) is 26.2 Å². The van der Waals surface area contributed by atoms with E-state index in [9.17, 15) is 23.2 Å². The van der Waals surface area contributed by atoms with Crippen molar-refractivity contribution in [1.82, 2.24) is 9.97 Å². The molecule has 0 spiro atoms. The van der Waals surface area contributed by atoms with Crippen molar-refractivity contribution in [3.05, 3.63) is 81.6 Å². The molecule has 5 rings (SSSR count). The highest BCUT2D eigenvalue weighted by atomic mass is 19.2. The lowest BCUT2D eigenvalue weighted by molar-refractivity contribution is -0.123. The van der Waals surface area contributed by atoms with E-state index in [4.69, 9.17) is 0 Å². The Morgan fingerprint density at radius 1 is 1.06 bits per heavy atom. The van der Waals surface area contributed by atoms with E-state index >= 15 is 0 Å². The minimum Gasteiger partial charge on any atom is -0.342 e. The Hall–Kier alpha value is -4.08. The summed E-state index contributed by atoms with van der Waals surface area (Å²) in [7, 11) is 0. The molecule has 8 nitrogen and oxygen atoms in total. The Labute approximate surface area is 205 Å². The van der Waals surface area contributed by atoms with Gasteiger partial charge in [-0.3, -0.25) is 19.4 Å². The molecule has 1 atom stereocenters. The molecule has 3 aromatic rings. The Bertz CT molecular complexity index is 1350. The molecular weight excluding hydrogens is 468 g/mol. The van der Waals surface area contributed by atoms with Crippen LogP contribution in [0.1, 0.15) is 36.3 Å². The Morgan fingerprint density at radius 3 is 2.53 bits per heavy atom. The van der Waals surface area contributed by atoms with Gasteiger partial charge in [-0.1, -0.05) is 30.3 Å². The number of anilines is 3. The lowest BCUT2D eigenvalue weighted by atomic mass is 9.90. The van der Waals surface area contributed by atoms with Gasteiger partial charge in [-0.15, -0.1) is 0 Å². The van der Waals surface area contributed by atoms with Crippen LogP contribution in [0.5, 0.6) is 0 Å². The number of hydrogen-bond acceptors (Lipinski definition) is 5. The van der Waals surface area contributed by atoms with Gasteiger partial charge in [0.2, 0.25) is 17.8 Å². The first-order chi connectivity index (χ1) is 17.4. The first-order valence-electron chi connectivity index (χ1n) is 11.9. The zero-order valence-corrected chi connectivity index (χ0v) is 19.4. The SMILES string of the molecule is O=C1C[C@@H](C(=O)Nc2ccc(F)c(F)c2)c2c(nc(N3CCC(Cc4ccccc4)CC3)[nH]c2=O)N1. The molecule has 2 aliphatic rings. The van der Waals surface area contributed by atoms with Gasteiger partial charge >= 0.3 is 0 Å². The number of nitrogens with zero attached hydrogens (tertiary/aromatic N) is 2. The van der Waals surface area contributed by atoms with Crippen molar-refractivity contribution < 1.29 is 18.4 Å². The van der Waals surface area contributed by atoms with Gasteiger partial charge in [-0.2, -0.15) is 4.98 Å². The van der Waals surface area contributed by atoms with E-state index in [1.165, 1.54) is 11.6 Å². The molecular formula is C26H25F2N5O3. The number of amides is 2. The summed E-state index contributed by atoms with van der Waals surface area (Å²) in [6.45, 7) is 1.40. The predicted molar refractivity (Wildman–Crippen MR) is 131 cm³/mol. The minimum absolute atomic E-state index is 0.0193. The number of rotatable bonds is 5. The van der Waals surface area contributed by atoms with Crippen LogP contribution in [0, 0.1) is 17.6 Å². The highest BCUT2D eigenvalue weighted by molar-refractivity contribution is 6.04. The first kappa shape index (κ1) is 23.7. The molecule has 186 valence electrons. The molecule has 10 heteroatoms. The maximum Gasteiger partial charge on any atom is 0.258 e. The van der Waals surface area contributed by atoms with Gasteiger partial charge in [-0.25, -0.2) is 8.78 Å². The van der Waals surface area contributed by atoms with Crippen molar-refractivity contribution in [2.75, 3.05) is 28.6 Å². The number of piperidine rings is 1. The van der Waals surface area contributed by atoms with E-state index < -0.39 is 34.9 Å². The zero-order valence-electron chi connectivity index (χ0n) is 19.4. The van der Waals surface area contributed by atoms with Crippen LogP contribution >= 0.6 is 0 Å². The van der Waals surface area contributed by atoms with E-state index in [-0.39, 0.29) is 23.5 Å². The number of hydrogen-bond donors (Lipinski definition) is 3. The third-order valence-electron chi connectivity index (χ3n) is 6.72. The summed E-state index contributed by atoms with van der Waals surface area (Å²) in [5.74, 6) is -3.52. The second-order valence-corrected chi connectivity index (χ2v) is 9.19. The van der Waals surface area contributed by atoms with Gasteiger partial charge in [0.05, 0.1) is 11.5 Å². The topological polar surface area (TPSA) is 107 Å². The number of nitrogens with one attached hydrogen (secondary N) is 3. The Balaban J connectivity index is 1.32. The summed E-state index contributed by atoms with van der Waals surface area (Å²) in [6.07, 6.45) is 2.59. The first-order valence-corrected chi connectivity index (χ1v) is 11.9. The van der Waals surface area contributed by atoms with Crippen molar-refractivity contribution in [3.8, 4) is 0 Å². The van der Waals surface area contributed by atoms with E-state index in [2.05, 4.69) is 32.7 Å². The van der Waals surface area contributed by atoms with Crippen LogP contribution in [0.15, 0.2) is 53.3 Å². The van der Waals surface area contributed by atoms with Crippen LogP contribution < -0.4 is 21.1 Å². The monoisotopic (exact) mass is 493 g/mol. The molecule has 0 radical (unpaired) electrons. The lowest BCUT2D eigenvalue weighted by Crippen LogP contribution is -2.40. The fourth-order valence-corrected chi connectivity index (χ4v) is 4.83. The van der Waals surface area contributed by atoms with Crippen LogP contribution in [-0.2, 0) is 16.0 Å². The largest absolute Gasteiger partial charge is 0.342 e. The zero-order chi connectivity index (χ0) is 25.2. The van der Waals surface area contributed by atoms with Crippen molar-refractivity contribution >= 4 is 29.3 Å². The normalized spacial score (nSPS) is 17.9. The highest BCUT2D eigenvalue weighted by Crippen LogP contribution is 2.31. The molecule has 1 saturated heterocycles. The van der Waals surface area contributed by atoms with Crippen molar-refractivity contribution in [2.24, 2.45) is 5.92 Å². The smallest absolute Gasteiger partial charge is 0.258 e. The van der Waals surface area contributed by atoms with Crippen LogP contribution in [0.3, 0.4) is 0 Å². The molecule has 2 amide bonds. The molecule has 1 aromatic heterocycles. The standard InChI is InChI=1S/C26H25F2N5O3/c27-19-7-6-17(13-20(19)28)29-24(35)18-14-21(34)30-23-22(18)25(36)32-26(31-23)33-10-8-16(9-11-33)12-15-4-2-1-3-5-15/h1-7,13,16,18H,8-12,14H2,(H,29,35)(H2,30,31,32,34,36)/t18-/m1/s1. The number of aromatic amines is 1. The Kier molecular flexibility index (Phi) is 6.49. The van der Waals surface area contributed by atoms with Crippen LogP contribution in [0.2, 0.25) is 0 Å². The number of halogens is 2. The van der Waals surface area contributed by atoms with Crippen molar-refractivity contribution in [3.63, 3.8) is 0 Å². The van der Waals surface area contributed by atoms with E-state index in [1.54, 1.807) is 0 Å². The number of carbonyl (C=O) groups is 2. The van der Waals surface area contributed by atoms with Gasteiger partial charge in [0, 0.05) is 31.3 Å². The minimum atomic E-state index is -1.12. The summed E-state index contributed by atoms with van der Waals surface area (Å²) < 4.78 is 26.7. The Morgan fingerprint density at radius 2 is 1.81 bits per heavy atom. The second-order valence-electron chi connectivity index (χ2n) is 9.19. The number of aromatic nitrogens is 2. The molecule has 2 aliphatic heterocycles. The van der Waals surface area contributed by atoms with Crippen molar-refractivity contribution in [2.45, 2.75) is 31.6 Å². The summed E-state index contributed by atoms with van der Waals surface area (Å²) in [4.78, 5) is 47.5. The fourth-order valence-electron chi connectivity index (χ4n) is 4.83.